The SMILES string of the molecule is COc1cc(/C=C\C(=O)[O-])cc(S(=O)(=O)N2CCCCCC2)c1OC. The van der Waals surface area contributed by atoms with Crippen molar-refractivity contribution in [2.24, 2.45) is 0 Å². The highest BCUT2D eigenvalue weighted by molar-refractivity contribution is 7.89. The Morgan fingerprint density at radius 2 is 1.76 bits per heavy atom. The number of hydrogen-bond donors (Lipinski definition) is 0. The second-order valence-electron chi connectivity index (χ2n) is 5.73. The monoisotopic (exact) mass is 368 g/mol. The summed E-state index contributed by atoms with van der Waals surface area (Å²) in [7, 11) is -1.02. The Bertz CT molecular complexity index is 749. The van der Waals surface area contributed by atoms with E-state index in [4.69, 9.17) is 9.47 Å². The van der Waals surface area contributed by atoms with Crippen molar-refractivity contribution in [2.45, 2.75) is 30.6 Å². The molecule has 1 aliphatic heterocycles. The van der Waals surface area contributed by atoms with Crippen LogP contribution in [0.1, 0.15) is 31.2 Å². The van der Waals surface area contributed by atoms with E-state index in [9.17, 15) is 18.3 Å². The van der Waals surface area contributed by atoms with Crippen LogP contribution in [0, 0.1) is 0 Å². The van der Waals surface area contributed by atoms with E-state index in [0.717, 1.165) is 31.8 Å². The lowest BCUT2D eigenvalue weighted by Crippen LogP contribution is -2.32. The van der Waals surface area contributed by atoms with E-state index in [1.54, 1.807) is 0 Å². The molecule has 8 heteroatoms. The Morgan fingerprint density at radius 1 is 1.12 bits per heavy atom. The van der Waals surface area contributed by atoms with Gasteiger partial charge in [0.1, 0.15) is 4.90 Å². The third kappa shape index (κ3) is 4.52. The molecule has 1 fully saturated rings. The van der Waals surface area contributed by atoms with Gasteiger partial charge < -0.3 is 19.4 Å². The minimum absolute atomic E-state index is 0.0331. The summed E-state index contributed by atoms with van der Waals surface area (Å²) >= 11 is 0. The van der Waals surface area contributed by atoms with E-state index in [1.165, 1.54) is 36.7 Å². The zero-order valence-corrected chi connectivity index (χ0v) is 15.2. The highest BCUT2D eigenvalue weighted by Gasteiger charge is 2.30. The summed E-state index contributed by atoms with van der Waals surface area (Å²) in [5, 5.41) is 10.6. The van der Waals surface area contributed by atoms with Gasteiger partial charge in [-0.1, -0.05) is 18.9 Å². The summed E-state index contributed by atoms with van der Waals surface area (Å²) in [4.78, 5) is 10.6. The van der Waals surface area contributed by atoms with Crippen LogP contribution in [-0.2, 0) is 14.8 Å². The predicted octanol–water partition coefficient (Wildman–Crippen LogP) is 1.03. The van der Waals surface area contributed by atoms with Crippen LogP contribution < -0.4 is 14.6 Å². The van der Waals surface area contributed by atoms with Crippen molar-refractivity contribution in [3.8, 4) is 11.5 Å². The Hall–Kier alpha value is -2.06. The molecule has 1 aromatic rings. The lowest BCUT2D eigenvalue weighted by molar-refractivity contribution is -0.297. The Balaban J connectivity index is 2.56. The number of aliphatic carboxylic acids is 1. The molecule has 0 radical (unpaired) electrons. The normalized spacial score (nSPS) is 16.6. The molecule has 25 heavy (non-hydrogen) atoms. The molecule has 0 N–H and O–H groups in total. The molecule has 0 saturated carbocycles. The number of carbonyl (C=O) groups is 1. The average molecular weight is 368 g/mol. The number of carbonyl (C=O) groups excluding carboxylic acids is 1. The van der Waals surface area contributed by atoms with Gasteiger partial charge in [-0.25, -0.2) is 8.42 Å². The van der Waals surface area contributed by atoms with Crippen molar-refractivity contribution >= 4 is 22.1 Å². The molecule has 0 bridgehead atoms. The first-order valence-corrected chi connectivity index (χ1v) is 9.49. The molecule has 0 atom stereocenters. The molecular formula is C17H22NO6S-. The lowest BCUT2D eigenvalue weighted by Gasteiger charge is -2.22. The third-order valence-electron chi connectivity index (χ3n) is 4.06. The summed E-state index contributed by atoms with van der Waals surface area (Å²) in [5.74, 6) is -1.04. The summed E-state index contributed by atoms with van der Waals surface area (Å²) in [6, 6.07) is 2.90. The first-order chi connectivity index (χ1) is 11.9. The molecule has 1 heterocycles. The van der Waals surface area contributed by atoms with Crippen LogP contribution >= 0.6 is 0 Å². The average Bonchev–Trinajstić information content (AvgIpc) is 2.88. The first kappa shape index (κ1) is 19.3. The van der Waals surface area contributed by atoms with E-state index >= 15 is 0 Å². The van der Waals surface area contributed by atoms with E-state index in [0.29, 0.717) is 18.7 Å². The molecule has 2 rings (SSSR count). The first-order valence-electron chi connectivity index (χ1n) is 8.05. The van der Waals surface area contributed by atoms with Crippen molar-refractivity contribution in [1.82, 2.24) is 4.31 Å². The number of carboxylic acid groups (broad SMARTS) is 1. The van der Waals surface area contributed by atoms with Crippen LogP contribution in [0.5, 0.6) is 11.5 Å². The Morgan fingerprint density at radius 3 is 2.28 bits per heavy atom. The van der Waals surface area contributed by atoms with Crippen LogP contribution in [0.2, 0.25) is 0 Å². The Kier molecular flexibility index (Phi) is 6.44. The maximum Gasteiger partial charge on any atom is 0.246 e. The largest absolute Gasteiger partial charge is 0.545 e. The smallest absolute Gasteiger partial charge is 0.246 e. The number of methoxy groups -OCH3 is 2. The fourth-order valence-corrected chi connectivity index (χ4v) is 4.54. The molecule has 1 aromatic carbocycles. The molecule has 1 aliphatic rings. The molecule has 0 unspecified atom stereocenters. The quantitative estimate of drug-likeness (QED) is 0.696. The molecule has 138 valence electrons. The second kappa shape index (κ2) is 8.35. The fourth-order valence-electron chi connectivity index (χ4n) is 2.82. The van der Waals surface area contributed by atoms with Crippen molar-refractivity contribution in [3.63, 3.8) is 0 Å². The fraction of sp³-hybridized carbons (Fsp3) is 0.471. The maximum atomic E-state index is 13.1. The van der Waals surface area contributed by atoms with Crippen LogP contribution in [0.3, 0.4) is 0 Å². The lowest BCUT2D eigenvalue weighted by atomic mass is 10.2. The van der Waals surface area contributed by atoms with E-state index in [2.05, 4.69) is 0 Å². The number of carboxylic acids is 1. The molecule has 7 nitrogen and oxygen atoms in total. The van der Waals surface area contributed by atoms with Crippen LogP contribution in [0.15, 0.2) is 23.1 Å². The van der Waals surface area contributed by atoms with Gasteiger partial charge in [-0.05, 0) is 36.6 Å². The Labute approximate surface area is 147 Å². The number of nitrogens with zero attached hydrogens (tertiary/aromatic N) is 1. The van der Waals surface area contributed by atoms with E-state index in [-0.39, 0.29) is 16.4 Å². The number of hydrogen-bond acceptors (Lipinski definition) is 6. The molecule has 0 amide bonds. The minimum Gasteiger partial charge on any atom is -0.545 e. The maximum absolute atomic E-state index is 13.1. The van der Waals surface area contributed by atoms with E-state index in [1.807, 2.05) is 0 Å². The standard InChI is InChI=1S/C17H23NO6S/c1-23-14-11-13(7-8-16(19)20)12-15(17(14)24-2)25(21,22)18-9-5-3-4-6-10-18/h7-8,11-12H,3-6,9-10H2,1-2H3,(H,19,20)/p-1/b8-7-. The summed E-state index contributed by atoms with van der Waals surface area (Å²) in [6.45, 7) is 0.903. The highest BCUT2D eigenvalue weighted by atomic mass is 32.2. The second-order valence-corrected chi connectivity index (χ2v) is 7.63. The number of benzene rings is 1. The van der Waals surface area contributed by atoms with Gasteiger partial charge in [-0.2, -0.15) is 4.31 Å². The zero-order chi connectivity index (χ0) is 18.4. The van der Waals surface area contributed by atoms with Crippen molar-refractivity contribution in [2.75, 3.05) is 27.3 Å². The van der Waals surface area contributed by atoms with Crippen LogP contribution in [-0.4, -0.2) is 46.0 Å². The zero-order valence-electron chi connectivity index (χ0n) is 14.4. The van der Waals surface area contributed by atoms with Gasteiger partial charge in [0, 0.05) is 13.1 Å². The van der Waals surface area contributed by atoms with Gasteiger partial charge in [0.2, 0.25) is 10.0 Å². The summed E-state index contributed by atoms with van der Waals surface area (Å²) < 4.78 is 38.2. The molecular weight excluding hydrogens is 346 g/mol. The van der Waals surface area contributed by atoms with Gasteiger partial charge in [-0.15, -0.1) is 0 Å². The van der Waals surface area contributed by atoms with Crippen molar-refractivity contribution in [3.05, 3.63) is 23.8 Å². The number of rotatable bonds is 6. The minimum atomic E-state index is -3.79. The predicted molar refractivity (Wildman–Crippen MR) is 90.8 cm³/mol. The molecule has 0 aliphatic carbocycles. The summed E-state index contributed by atoms with van der Waals surface area (Å²) in [5.41, 5.74) is 0.371. The van der Waals surface area contributed by atoms with Gasteiger partial charge in [-0.3, -0.25) is 0 Å². The van der Waals surface area contributed by atoms with Gasteiger partial charge in [0.15, 0.2) is 11.5 Å². The molecule has 0 aromatic heterocycles. The van der Waals surface area contributed by atoms with Crippen molar-refractivity contribution < 1.29 is 27.8 Å². The van der Waals surface area contributed by atoms with Crippen molar-refractivity contribution in [1.29, 1.82) is 0 Å². The number of ether oxygens (including phenoxy) is 2. The summed E-state index contributed by atoms with van der Waals surface area (Å²) in [6.07, 6.45) is 5.72. The molecule has 0 spiro atoms. The van der Waals surface area contributed by atoms with Gasteiger partial charge in [0.05, 0.1) is 20.2 Å². The van der Waals surface area contributed by atoms with Gasteiger partial charge >= 0.3 is 0 Å². The number of sulfonamides is 1. The topological polar surface area (TPSA) is 96.0 Å². The molecule has 1 saturated heterocycles. The third-order valence-corrected chi connectivity index (χ3v) is 5.97. The van der Waals surface area contributed by atoms with Crippen LogP contribution in [0.4, 0.5) is 0 Å². The van der Waals surface area contributed by atoms with Gasteiger partial charge in [0.25, 0.3) is 0 Å². The van der Waals surface area contributed by atoms with E-state index < -0.39 is 16.0 Å². The van der Waals surface area contributed by atoms with Crippen LogP contribution in [0.25, 0.3) is 6.08 Å². The highest BCUT2D eigenvalue weighted by Crippen LogP contribution is 2.38.